The van der Waals surface area contributed by atoms with Crippen molar-refractivity contribution < 1.29 is 4.74 Å². The number of benzene rings is 1. The summed E-state index contributed by atoms with van der Waals surface area (Å²) in [4.78, 5) is 0. The lowest BCUT2D eigenvalue weighted by Gasteiger charge is -2.21. The first kappa shape index (κ1) is 12.4. The molecule has 1 aromatic carbocycles. The average Bonchev–Trinajstić information content (AvgIpc) is 2.79. The molecule has 0 amide bonds. The molecule has 0 aromatic heterocycles. The van der Waals surface area contributed by atoms with Crippen LogP contribution in [0.25, 0.3) is 0 Å². The van der Waals surface area contributed by atoms with E-state index in [0.29, 0.717) is 11.6 Å². The number of rotatable bonds is 3. The molecule has 4 heteroatoms. The highest BCUT2D eigenvalue weighted by molar-refractivity contribution is 9.10. The highest BCUT2D eigenvalue weighted by Crippen LogP contribution is 2.29. The van der Waals surface area contributed by atoms with Crippen molar-refractivity contribution in [2.24, 2.45) is 0 Å². The van der Waals surface area contributed by atoms with Gasteiger partial charge in [0.1, 0.15) is 0 Å². The molecule has 2 atom stereocenters. The normalized spacial score (nSPS) is 23.4. The van der Waals surface area contributed by atoms with Crippen LogP contribution in [0.2, 0.25) is 0 Å². The van der Waals surface area contributed by atoms with Gasteiger partial charge in [0.25, 0.3) is 0 Å². The van der Waals surface area contributed by atoms with E-state index in [1.807, 2.05) is 18.2 Å². The Kier molecular flexibility index (Phi) is 4.03. The largest absolute Gasteiger partial charge is 0.379 e. The van der Waals surface area contributed by atoms with Crippen LogP contribution < -0.4 is 5.32 Å². The molecular weight excluding hydrogens is 280 g/mol. The summed E-state index contributed by atoms with van der Waals surface area (Å²) in [5.74, 6) is 0. The van der Waals surface area contributed by atoms with Gasteiger partial charge < -0.3 is 10.1 Å². The van der Waals surface area contributed by atoms with Crippen LogP contribution in [0.1, 0.15) is 24.8 Å². The first-order valence-corrected chi connectivity index (χ1v) is 6.53. The third-order valence-electron chi connectivity index (χ3n) is 3.19. The van der Waals surface area contributed by atoms with E-state index in [4.69, 9.17) is 10.00 Å². The van der Waals surface area contributed by atoms with Gasteiger partial charge in [0, 0.05) is 17.3 Å². The number of nitrogens with zero attached hydrogens (tertiary/aromatic N) is 1. The van der Waals surface area contributed by atoms with Gasteiger partial charge in [-0.1, -0.05) is 0 Å². The van der Waals surface area contributed by atoms with Gasteiger partial charge in [-0.3, -0.25) is 0 Å². The van der Waals surface area contributed by atoms with Crippen LogP contribution in [-0.4, -0.2) is 19.3 Å². The van der Waals surface area contributed by atoms with Crippen molar-refractivity contribution >= 4 is 21.6 Å². The number of methoxy groups -OCH3 is 1. The minimum atomic E-state index is 0.289. The highest BCUT2D eigenvalue weighted by atomic mass is 79.9. The zero-order valence-corrected chi connectivity index (χ0v) is 11.3. The maximum Gasteiger partial charge on any atom is 0.0992 e. The van der Waals surface area contributed by atoms with Gasteiger partial charge in [-0.25, -0.2) is 0 Å². The molecule has 1 N–H and O–H groups in total. The van der Waals surface area contributed by atoms with Crippen molar-refractivity contribution in [1.29, 1.82) is 5.26 Å². The second-order valence-electron chi connectivity index (χ2n) is 4.26. The predicted molar refractivity (Wildman–Crippen MR) is 70.9 cm³/mol. The third kappa shape index (κ3) is 2.80. The lowest BCUT2D eigenvalue weighted by atomic mass is 10.1. The van der Waals surface area contributed by atoms with Crippen molar-refractivity contribution in [3.63, 3.8) is 0 Å². The lowest BCUT2D eigenvalue weighted by molar-refractivity contribution is 0.101. The van der Waals surface area contributed by atoms with Gasteiger partial charge in [0.2, 0.25) is 0 Å². The molecule has 90 valence electrons. The fourth-order valence-corrected chi connectivity index (χ4v) is 2.77. The minimum absolute atomic E-state index is 0.289. The lowest BCUT2D eigenvalue weighted by Crippen LogP contribution is -2.29. The molecule has 2 rings (SSSR count). The Morgan fingerprint density at radius 1 is 1.47 bits per heavy atom. The molecule has 0 radical (unpaired) electrons. The highest BCUT2D eigenvalue weighted by Gasteiger charge is 2.27. The second-order valence-corrected chi connectivity index (χ2v) is 5.12. The Labute approximate surface area is 110 Å². The molecule has 0 aliphatic heterocycles. The molecule has 1 aromatic rings. The van der Waals surface area contributed by atoms with Crippen LogP contribution in [0, 0.1) is 11.3 Å². The summed E-state index contributed by atoms with van der Waals surface area (Å²) in [5.41, 5.74) is 1.69. The maximum absolute atomic E-state index is 8.81. The Balaban J connectivity index is 2.11. The van der Waals surface area contributed by atoms with Gasteiger partial charge in [-0.2, -0.15) is 5.26 Å². The van der Waals surface area contributed by atoms with E-state index in [-0.39, 0.29) is 6.10 Å². The maximum atomic E-state index is 8.81. The van der Waals surface area contributed by atoms with Gasteiger partial charge in [-0.15, -0.1) is 0 Å². The number of nitriles is 1. The molecule has 1 aliphatic rings. The zero-order valence-electron chi connectivity index (χ0n) is 9.74. The fraction of sp³-hybridized carbons (Fsp3) is 0.462. The quantitative estimate of drug-likeness (QED) is 0.930. The van der Waals surface area contributed by atoms with Gasteiger partial charge in [-0.05, 0) is 53.4 Å². The molecule has 3 nitrogen and oxygen atoms in total. The summed E-state index contributed by atoms with van der Waals surface area (Å²) in [6.07, 6.45) is 3.73. The zero-order chi connectivity index (χ0) is 12.3. The average molecular weight is 295 g/mol. The van der Waals surface area contributed by atoms with Crippen LogP contribution >= 0.6 is 15.9 Å². The molecule has 0 saturated heterocycles. The van der Waals surface area contributed by atoms with Crippen molar-refractivity contribution in [2.75, 3.05) is 12.4 Å². The van der Waals surface area contributed by atoms with Crippen LogP contribution in [0.15, 0.2) is 22.7 Å². The summed E-state index contributed by atoms with van der Waals surface area (Å²) in [5, 5.41) is 12.3. The Morgan fingerprint density at radius 3 is 2.94 bits per heavy atom. The standard InChI is InChI=1S/C13H15BrN2O/c1-17-13-4-2-3-12(13)16-11-6-5-9(8-15)7-10(11)14/h5-7,12-13,16H,2-4H2,1H3. The van der Waals surface area contributed by atoms with Crippen LogP contribution in [0.3, 0.4) is 0 Å². The van der Waals surface area contributed by atoms with Gasteiger partial charge in [0.15, 0.2) is 0 Å². The van der Waals surface area contributed by atoms with E-state index in [0.717, 1.165) is 23.0 Å². The first-order chi connectivity index (χ1) is 8.24. The number of anilines is 1. The van der Waals surface area contributed by atoms with Crippen molar-refractivity contribution in [2.45, 2.75) is 31.4 Å². The number of nitrogens with one attached hydrogen (secondary N) is 1. The van der Waals surface area contributed by atoms with E-state index in [9.17, 15) is 0 Å². The predicted octanol–water partition coefficient (Wildman–Crippen LogP) is 3.30. The van der Waals surface area contributed by atoms with Crippen molar-refractivity contribution in [1.82, 2.24) is 0 Å². The molecule has 17 heavy (non-hydrogen) atoms. The molecule has 0 heterocycles. The summed E-state index contributed by atoms with van der Waals surface area (Å²) in [6.45, 7) is 0. The minimum Gasteiger partial charge on any atom is -0.379 e. The van der Waals surface area contributed by atoms with Gasteiger partial charge >= 0.3 is 0 Å². The number of hydrogen-bond acceptors (Lipinski definition) is 3. The summed E-state index contributed by atoms with van der Waals surface area (Å²) < 4.78 is 6.38. The monoisotopic (exact) mass is 294 g/mol. The summed E-state index contributed by atoms with van der Waals surface area (Å²) in [7, 11) is 1.76. The topological polar surface area (TPSA) is 45.0 Å². The van der Waals surface area contributed by atoms with E-state index in [1.165, 1.54) is 6.42 Å². The fourth-order valence-electron chi connectivity index (χ4n) is 2.27. The number of ether oxygens (including phenoxy) is 1. The molecule has 0 spiro atoms. The SMILES string of the molecule is COC1CCCC1Nc1ccc(C#N)cc1Br. The van der Waals surface area contributed by atoms with Crippen molar-refractivity contribution in [3.8, 4) is 6.07 Å². The smallest absolute Gasteiger partial charge is 0.0992 e. The Hall–Kier alpha value is -1.05. The Morgan fingerprint density at radius 2 is 2.29 bits per heavy atom. The third-order valence-corrected chi connectivity index (χ3v) is 3.85. The van der Waals surface area contributed by atoms with E-state index >= 15 is 0 Å². The number of hydrogen-bond donors (Lipinski definition) is 1. The van der Waals surface area contributed by atoms with Crippen molar-refractivity contribution in [3.05, 3.63) is 28.2 Å². The number of halogens is 1. The van der Waals surface area contributed by atoms with Gasteiger partial charge in [0.05, 0.1) is 23.8 Å². The molecular formula is C13H15BrN2O. The molecule has 1 fully saturated rings. The second kappa shape index (κ2) is 5.52. The molecule has 1 aliphatic carbocycles. The van der Waals surface area contributed by atoms with E-state index < -0.39 is 0 Å². The molecule has 1 saturated carbocycles. The Bertz CT molecular complexity index is 442. The van der Waals surface area contributed by atoms with Crippen LogP contribution in [0.4, 0.5) is 5.69 Å². The van der Waals surface area contributed by atoms with E-state index in [1.54, 1.807) is 7.11 Å². The van der Waals surface area contributed by atoms with E-state index in [2.05, 4.69) is 27.3 Å². The summed E-state index contributed by atoms with van der Waals surface area (Å²) >= 11 is 3.48. The van der Waals surface area contributed by atoms with Crippen LogP contribution in [0.5, 0.6) is 0 Å². The molecule has 0 bridgehead atoms. The summed E-state index contributed by atoms with van der Waals surface area (Å²) in [6, 6.07) is 8.09. The molecule has 2 unspecified atom stereocenters. The van der Waals surface area contributed by atoms with Crippen LogP contribution in [-0.2, 0) is 4.74 Å². The first-order valence-electron chi connectivity index (χ1n) is 5.73.